The Balaban J connectivity index is 1.47. The van der Waals surface area contributed by atoms with Crippen LogP contribution in [0.25, 0.3) is 5.65 Å². The average Bonchev–Trinajstić information content (AvgIpc) is 3.55. The van der Waals surface area contributed by atoms with E-state index < -0.39 is 11.5 Å². The number of aromatic amines is 1. The molecule has 11 nitrogen and oxygen atoms in total. The summed E-state index contributed by atoms with van der Waals surface area (Å²) in [4.78, 5) is 28.0. The first kappa shape index (κ1) is 20.4. The minimum Gasteiger partial charge on any atom is -0.326 e. The highest BCUT2D eigenvalue weighted by molar-refractivity contribution is 6.00. The van der Waals surface area contributed by atoms with Crippen molar-refractivity contribution in [3.63, 3.8) is 0 Å². The maximum Gasteiger partial charge on any atom is 0.250 e. The van der Waals surface area contributed by atoms with E-state index in [1.54, 1.807) is 16.7 Å². The fraction of sp³-hybridized carbons (Fsp3) is 0.238. The topological polar surface area (TPSA) is 140 Å². The van der Waals surface area contributed by atoms with Crippen LogP contribution in [0.4, 0.5) is 27.8 Å². The van der Waals surface area contributed by atoms with Crippen LogP contribution in [0.5, 0.6) is 0 Å². The number of halogens is 1. The summed E-state index contributed by atoms with van der Waals surface area (Å²) in [6, 6.07) is 9.89. The monoisotopic (exact) mass is 446 g/mol. The second kappa shape index (κ2) is 7.86. The molecule has 1 fully saturated rings. The number of rotatable bonds is 5. The molecule has 0 bridgehead atoms. The second-order valence-corrected chi connectivity index (χ2v) is 7.84. The lowest BCUT2D eigenvalue weighted by Crippen LogP contribution is -2.51. The molecule has 1 saturated heterocycles. The number of nitrogens with zero attached hydrogens (tertiary/aromatic N) is 7. The fourth-order valence-corrected chi connectivity index (χ4v) is 3.92. The van der Waals surface area contributed by atoms with Crippen molar-refractivity contribution in [2.24, 2.45) is 0 Å². The maximum atomic E-state index is 13.2. The standard InChI is InChI=1S/C21H19FN10O/c1-21(18(33)25-13-5-6-15(22)24-12-13)7-3-9-32(21)20-27-17-4-2-8-31(17)19(28-20)26-16-10-14(11-23)29-30-16/h2,4-6,8,10,12H,3,7,9H2,1H3,(H,25,33)(H2,26,27,28,29,30)/t21-/m0/s1. The molecule has 166 valence electrons. The number of nitrogens with one attached hydrogen (secondary N) is 3. The van der Waals surface area contributed by atoms with Crippen LogP contribution in [-0.4, -0.2) is 47.5 Å². The van der Waals surface area contributed by atoms with Crippen molar-refractivity contribution < 1.29 is 9.18 Å². The number of hydrogen-bond acceptors (Lipinski definition) is 8. The Morgan fingerprint density at radius 1 is 1.33 bits per heavy atom. The van der Waals surface area contributed by atoms with E-state index in [0.29, 0.717) is 47.7 Å². The number of hydrogen-bond donors (Lipinski definition) is 3. The molecule has 3 N–H and O–H groups in total. The highest BCUT2D eigenvalue weighted by atomic mass is 19.1. The molecule has 4 aromatic rings. The van der Waals surface area contributed by atoms with Gasteiger partial charge in [0.15, 0.2) is 5.82 Å². The molecule has 0 aliphatic carbocycles. The largest absolute Gasteiger partial charge is 0.326 e. The molecule has 0 spiro atoms. The molecule has 1 aliphatic heterocycles. The molecule has 0 unspecified atom stereocenters. The van der Waals surface area contributed by atoms with Gasteiger partial charge < -0.3 is 15.5 Å². The number of anilines is 4. The van der Waals surface area contributed by atoms with Crippen molar-refractivity contribution >= 4 is 35.0 Å². The number of carbonyl (C=O) groups is 1. The summed E-state index contributed by atoms with van der Waals surface area (Å²) >= 11 is 0. The number of aromatic nitrogens is 6. The summed E-state index contributed by atoms with van der Waals surface area (Å²) in [6.45, 7) is 2.42. The van der Waals surface area contributed by atoms with Crippen LogP contribution in [0, 0.1) is 17.3 Å². The van der Waals surface area contributed by atoms with E-state index in [-0.39, 0.29) is 5.91 Å². The van der Waals surface area contributed by atoms with E-state index in [9.17, 15) is 9.18 Å². The number of nitriles is 1. The third-order valence-corrected chi connectivity index (χ3v) is 5.67. The smallest absolute Gasteiger partial charge is 0.250 e. The van der Waals surface area contributed by atoms with Gasteiger partial charge in [0.2, 0.25) is 23.8 Å². The Bertz CT molecular complexity index is 1370. The van der Waals surface area contributed by atoms with Gasteiger partial charge in [-0.05, 0) is 44.0 Å². The zero-order valence-electron chi connectivity index (χ0n) is 17.6. The molecule has 0 aromatic carbocycles. The first-order chi connectivity index (χ1) is 16.0. The zero-order chi connectivity index (χ0) is 23.0. The van der Waals surface area contributed by atoms with Gasteiger partial charge in [0.1, 0.15) is 22.9 Å². The van der Waals surface area contributed by atoms with Crippen LogP contribution in [0.2, 0.25) is 0 Å². The molecule has 0 saturated carbocycles. The molecule has 5 heterocycles. The molecule has 1 atom stereocenters. The SMILES string of the molecule is C[C@@]1(C(=O)Nc2ccc(F)nc2)CCCN1c1nc(Nc2cc(C#N)[nH]n2)n2cccc2n1. The second-order valence-electron chi connectivity index (χ2n) is 7.84. The van der Waals surface area contributed by atoms with Gasteiger partial charge in [0.05, 0.1) is 11.9 Å². The summed E-state index contributed by atoms with van der Waals surface area (Å²) in [6.07, 6.45) is 4.45. The lowest BCUT2D eigenvalue weighted by molar-refractivity contribution is -0.120. The molecule has 1 amide bonds. The molecular weight excluding hydrogens is 427 g/mol. The maximum absolute atomic E-state index is 13.2. The van der Waals surface area contributed by atoms with E-state index in [1.807, 2.05) is 30.0 Å². The van der Waals surface area contributed by atoms with Crippen molar-refractivity contribution in [2.45, 2.75) is 25.3 Å². The highest BCUT2D eigenvalue weighted by Gasteiger charge is 2.45. The predicted octanol–water partition coefficient (Wildman–Crippen LogP) is 2.60. The Labute approximate surface area is 187 Å². The van der Waals surface area contributed by atoms with Crippen LogP contribution in [-0.2, 0) is 4.79 Å². The third kappa shape index (κ3) is 3.69. The first-order valence-corrected chi connectivity index (χ1v) is 10.2. The van der Waals surface area contributed by atoms with Gasteiger partial charge >= 0.3 is 0 Å². The quantitative estimate of drug-likeness (QED) is 0.398. The van der Waals surface area contributed by atoms with Gasteiger partial charge in [-0.2, -0.15) is 24.7 Å². The first-order valence-electron chi connectivity index (χ1n) is 10.2. The number of H-pyrrole nitrogens is 1. The van der Waals surface area contributed by atoms with Crippen LogP contribution in [0.15, 0.2) is 42.7 Å². The van der Waals surface area contributed by atoms with Crippen LogP contribution in [0.3, 0.4) is 0 Å². The summed E-state index contributed by atoms with van der Waals surface area (Å²) < 4.78 is 14.9. The minimum absolute atomic E-state index is 0.257. The van der Waals surface area contributed by atoms with E-state index in [1.165, 1.54) is 18.3 Å². The Morgan fingerprint density at radius 3 is 2.97 bits per heavy atom. The lowest BCUT2D eigenvalue weighted by Gasteiger charge is -2.34. The fourth-order valence-electron chi connectivity index (χ4n) is 3.92. The molecule has 4 aromatic heterocycles. The molecular formula is C21H19FN10O. The summed E-state index contributed by atoms with van der Waals surface area (Å²) in [7, 11) is 0. The number of amides is 1. The molecule has 1 aliphatic rings. The molecule has 5 rings (SSSR count). The van der Waals surface area contributed by atoms with Crippen molar-refractivity contribution in [1.29, 1.82) is 5.26 Å². The molecule has 0 radical (unpaired) electrons. The summed E-state index contributed by atoms with van der Waals surface area (Å²) in [5, 5.41) is 21.6. The normalized spacial score (nSPS) is 17.8. The lowest BCUT2D eigenvalue weighted by atomic mass is 9.97. The van der Waals surface area contributed by atoms with Crippen LogP contribution in [0.1, 0.15) is 25.5 Å². The average molecular weight is 446 g/mol. The van der Waals surface area contributed by atoms with Crippen molar-refractivity contribution in [1.82, 2.24) is 29.5 Å². The van der Waals surface area contributed by atoms with Gasteiger partial charge in [0.25, 0.3) is 0 Å². The van der Waals surface area contributed by atoms with Crippen molar-refractivity contribution in [3.8, 4) is 6.07 Å². The Kier molecular flexibility index (Phi) is 4.86. The molecule has 12 heteroatoms. The third-order valence-electron chi connectivity index (χ3n) is 5.67. The minimum atomic E-state index is -0.920. The van der Waals surface area contributed by atoms with E-state index in [0.717, 1.165) is 6.42 Å². The van der Waals surface area contributed by atoms with Gasteiger partial charge in [-0.15, -0.1) is 0 Å². The van der Waals surface area contributed by atoms with Gasteiger partial charge in [0, 0.05) is 18.8 Å². The Morgan fingerprint density at radius 2 is 2.21 bits per heavy atom. The van der Waals surface area contributed by atoms with Crippen LogP contribution >= 0.6 is 0 Å². The molecule has 33 heavy (non-hydrogen) atoms. The van der Waals surface area contributed by atoms with Crippen LogP contribution < -0.4 is 15.5 Å². The van der Waals surface area contributed by atoms with Gasteiger partial charge in [-0.1, -0.05) is 0 Å². The predicted molar refractivity (Wildman–Crippen MR) is 117 cm³/mol. The van der Waals surface area contributed by atoms with Gasteiger partial charge in [-0.3, -0.25) is 14.3 Å². The van der Waals surface area contributed by atoms with E-state index in [4.69, 9.17) is 5.26 Å². The van der Waals surface area contributed by atoms with E-state index in [2.05, 4.69) is 35.8 Å². The number of carbonyl (C=O) groups excluding carboxylic acids is 1. The van der Waals surface area contributed by atoms with Crippen molar-refractivity contribution in [3.05, 3.63) is 54.4 Å². The zero-order valence-corrected chi connectivity index (χ0v) is 17.6. The number of fused-ring (bicyclic) bond motifs is 1. The Hall–Kier alpha value is -4.53. The summed E-state index contributed by atoms with van der Waals surface area (Å²) in [5.41, 5.74) is 0.439. The summed E-state index contributed by atoms with van der Waals surface area (Å²) in [5.74, 6) is 0.375. The van der Waals surface area contributed by atoms with E-state index >= 15 is 0 Å². The number of pyridine rings is 1. The van der Waals surface area contributed by atoms with Crippen molar-refractivity contribution in [2.75, 3.05) is 22.1 Å². The van der Waals surface area contributed by atoms with Gasteiger partial charge in [-0.25, -0.2) is 4.98 Å². The highest BCUT2D eigenvalue weighted by Crippen LogP contribution is 2.34.